The van der Waals surface area contributed by atoms with Crippen LogP contribution >= 0.6 is 0 Å². The van der Waals surface area contributed by atoms with Gasteiger partial charge in [0, 0.05) is 18.6 Å². The van der Waals surface area contributed by atoms with Gasteiger partial charge in [-0.2, -0.15) is 0 Å². The summed E-state index contributed by atoms with van der Waals surface area (Å²) in [5.74, 6) is -0.249. The standard InChI is InChI=1S/C11H11NO5/c1-6-10(17-7(2)13)8-4-3-5-9(12(14)15)11(8)16-6/h3-6,10H,1-2H3. The number of nitrogens with zero attached hydrogens (tertiary/aromatic N) is 1. The zero-order valence-corrected chi connectivity index (χ0v) is 9.38. The fourth-order valence-electron chi connectivity index (χ4n) is 1.88. The number of esters is 1. The van der Waals surface area contributed by atoms with E-state index in [-0.39, 0.29) is 11.4 Å². The maximum absolute atomic E-state index is 11.0. The van der Waals surface area contributed by atoms with Crippen LogP contribution in [0.15, 0.2) is 18.2 Å². The van der Waals surface area contributed by atoms with Crippen LogP contribution in [0.3, 0.4) is 0 Å². The van der Waals surface area contributed by atoms with E-state index >= 15 is 0 Å². The van der Waals surface area contributed by atoms with Gasteiger partial charge in [-0.05, 0) is 6.92 Å². The molecule has 6 heteroatoms. The number of rotatable bonds is 2. The number of carbonyl (C=O) groups is 1. The molecule has 0 spiro atoms. The lowest BCUT2D eigenvalue weighted by Gasteiger charge is -2.14. The van der Waals surface area contributed by atoms with Crippen LogP contribution in [0.25, 0.3) is 0 Å². The van der Waals surface area contributed by atoms with Crippen LogP contribution in [0.5, 0.6) is 5.75 Å². The van der Waals surface area contributed by atoms with Gasteiger partial charge in [-0.3, -0.25) is 14.9 Å². The predicted molar refractivity (Wildman–Crippen MR) is 57.7 cm³/mol. The quantitative estimate of drug-likeness (QED) is 0.446. The summed E-state index contributed by atoms with van der Waals surface area (Å²) in [4.78, 5) is 21.3. The Balaban J connectivity index is 2.44. The molecule has 1 aromatic rings. The Morgan fingerprint density at radius 3 is 2.82 bits per heavy atom. The molecule has 0 amide bonds. The Bertz CT molecular complexity index is 485. The van der Waals surface area contributed by atoms with Gasteiger partial charge in [-0.15, -0.1) is 0 Å². The normalized spacial score (nSPS) is 21.5. The smallest absolute Gasteiger partial charge is 0.311 e. The van der Waals surface area contributed by atoms with Gasteiger partial charge in [0.15, 0.2) is 6.10 Å². The molecule has 1 aliphatic rings. The number of hydrogen-bond acceptors (Lipinski definition) is 5. The minimum absolute atomic E-state index is 0.107. The lowest BCUT2D eigenvalue weighted by atomic mass is 10.1. The van der Waals surface area contributed by atoms with Crippen molar-refractivity contribution in [2.75, 3.05) is 0 Å². The number of nitro groups is 1. The van der Waals surface area contributed by atoms with Crippen LogP contribution in [0.4, 0.5) is 5.69 Å². The molecule has 0 bridgehead atoms. The predicted octanol–water partition coefficient (Wildman–Crippen LogP) is 1.98. The van der Waals surface area contributed by atoms with Gasteiger partial charge in [0.2, 0.25) is 5.75 Å². The fraction of sp³-hybridized carbons (Fsp3) is 0.364. The number of benzene rings is 1. The summed E-state index contributed by atoms with van der Waals surface area (Å²) in [6.45, 7) is 3.00. The summed E-state index contributed by atoms with van der Waals surface area (Å²) in [7, 11) is 0. The number of carbonyl (C=O) groups excluding carboxylic acids is 1. The topological polar surface area (TPSA) is 78.7 Å². The van der Waals surface area contributed by atoms with E-state index in [0.29, 0.717) is 5.56 Å². The maximum Gasteiger partial charge on any atom is 0.311 e. The van der Waals surface area contributed by atoms with E-state index in [1.807, 2.05) is 0 Å². The van der Waals surface area contributed by atoms with Gasteiger partial charge in [0.25, 0.3) is 0 Å². The Labute approximate surface area is 97.3 Å². The van der Waals surface area contributed by atoms with E-state index in [0.717, 1.165) is 0 Å². The molecule has 6 nitrogen and oxygen atoms in total. The first kappa shape index (κ1) is 11.4. The second-order valence-corrected chi connectivity index (χ2v) is 3.81. The first-order valence-corrected chi connectivity index (χ1v) is 5.12. The molecule has 90 valence electrons. The Morgan fingerprint density at radius 1 is 1.53 bits per heavy atom. The van der Waals surface area contributed by atoms with Crippen LogP contribution in [0, 0.1) is 10.1 Å². The Kier molecular flexibility index (Phi) is 2.71. The van der Waals surface area contributed by atoms with Crippen molar-refractivity contribution >= 4 is 11.7 Å². The van der Waals surface area contributed by atoms with Crippen molar-refractivity contribution in [3.63, 3.8) is 0 Å². The third-order valence-electron chi connectivity index (χ3n) is 2.55. The number of para-hydroxylation sites is 1. The molecule has 0 saturated heterocycles. The highest BCUT2D eigenvalue weighted by Crippen LogP contribution is 2.44. The number of fused-ring (bicyclic) bond motifs is 1. The van der Waals surface area contributed by atoms with E-state index < -0.39 is 23.1 Å². The van der Waals surface area contributed by atoms with Crippen molar-refractivity contribution in [2.24, 2.45) is 0 Å². The lowest BCUT2D eigenvalue weighted by Crippen LogP contribution is -2.18. The van der Waals surface area contributed by atoms with Crippen molar-refractivity contribution < 1.29 is 19.2 Å². The SMILES string of the molecule is CC(=O)OC1c2cccc([N+](=O)[O-])c2OC1C. The van der Waals surface area contributed by atoms with Crippen LogP contribution in [0.2, 0.25) is 0 Å². The van der Waals surface area contributed by atoms with Crippen molar-refractivity contribution in [1.29, 1.82) is 0 Å². The summed E-state index contributed by atoms with van der Waals surface area (Å²) >= 11 is 0. The van der Waals surface area contributed by atoms with Crippen molar-refractivity contribution in [2.45, 2.75) is 26.1 Å². The molecule has 0 N–H and O–H groups in total. The maximum atomic E-state index is 11.0. The third kappa shape index (κ3) is 1.93. The second kappa shape index (κ2) is 4.04. The van der Waals surface area contributed by atoms with E-state index in [1.165, 1.54) is 13.0 Å². The molecule has 0 saturated carbocycles. The van der Waals surface area contributed by atoms with E-state index in [9.17, 15) is 14.9 Å². The molecule has 2 atom stereocenters. The molecular weight excluding hydrogens is 226 g/mol. The number of nitro benzene ring substituents is 1. The average molecular weight is 237 g/mol. The Morgan fingerprint density at radius 2 is 2.24 bits per heavy atom. The minimum Gasteiger partial charge on any atom is -0.479 e. The molecule has 1 heterocycles. The van der Waals surface area contributed by atoms with Crippen LogP contribution < -0.4 is 4.74 Å². The first-order chi connectivity index (χ1) is 8.00. The van der Waals surface area contributed by atoms with Gasteiger partial charge >= 0.3 is 11.7 Å². The van der Waals surface area contributed by atoms with Gasteiger partial charge < -0.3 is 9.47 Å². The van der Waals surface area contributed by atoms with Crippen LogP contribution in [-0.4, -0.2) is 17.0 Å². The van der Waals surface area contributed by atoms with Gasteiger partial charge in [-0.25, -0.2) is 0 Å². The highest BCUT2D eigenvalue weighted by Gasteiger charge is 2.38. The fourth-order valence-corrected chi connectivity index (χ4v) is 1.88. The summed E-state index contributed by atoms with van der Waals surface area (Å²) < 4.78 is 10.5. The molecule has 17 heavy (non-hydrogen) atoms. The molecule has 0 aliphatic carbocycles. The minimum atomic E-state index is -0.581. The first-order valence-electron chi connectivity index (χ1n) is 5.12. The number of ether oxygens (including phenoxy) is 2. The molecule has 0 fully saturated rings. The third-order valence-corrected chi connectivity index (χ3v) is 2.55. The molecule has 1 aromatic carbocycles. The summed E-state index contributed by atoms with van der Waals surface area (Å²) in [6.07, 6.45) is -1.00. The van der Waals surface area contributed by atoms with Gasteiger partial charge in [-0.1, -0.05) is 12.1 Å². The van der Waals surface area contributed by atoms with Crippen molar-refractivity contribution in [3.05, 3.63) is 33.9 Å². The van der Waals surface area contributed by atoms with Crippen molar-refractivity contribution in [1.82, 2.24) is 0 Å². The monoisotopic (exact) mass is 237 g/mol. The van der Waals surface area contributed by atoms with Crippen LogP contribution in [-0.2, 0) is 9.53 Å². The average Bonchev–Trinajstić information content (AvgIpc) is 2.54. The summed E-state index contributed by atoms with van der Waals surface area (Å²) in [5.41, 5.74) is 0.436. The van der Waals surface area contributed by atoms with Crippen molar-refractivity contribution in [3.8, 4) is 5.75 Å². The molecule has 1 aliphatic heterocycles. The molecule has 2 unspecified atom stereocenters. The van der Waals surface area contributed by atoms with Gasteiger partial charge in [0.05, 0.1) is 4.92 Å². The zero-order chi connectivity index (χ0) is 12.6. The molecule has 0 aromatic heterocycles. The summed E-state index contributed by atoms with van der Waals surface area (Å²) in [5, 5.41) is 10.8. The van der Waals surface area contributed by atoms with E-state index in [4.69, 9.17) is 9.47 Å². The second-order valence-electron chi connectivity index (χ2n) is 3.81. The van der Waals surface area contributed by atoms with E-state index in [2.05, 4.69) is 0 Å². The lowest BCUT2D eigenvalue weighted by molar-refractivity contribution is -0.385. The zero-order valence-electron chi connectivity index (χ0n) is 9.38. The highest BCUT2D eigenvalue weighted by atomic mass is 16.6. The summed E-state index contributed by atoms with van der Waals surface area (Å²) in [6, 6.07) is 4.58. The largest absolute Gasteiger partial charge is 0.479 e. The number of hydrogen-bond donors (Lipinski definition) is 0. The van der Waals surface area contributed by atoms with E-state index in [1.54, 1.807) is 19.1 Å². The van der Waals surface area contributed by atoms with Gasteiger partial charge in [0.1, 0.15) is 6.10 Å². The molecule has 0 radical (unpaired) electrons. The Hall–Kier alpha value is -2.11. The van der Waals surface area contributed by atoms with Crippen LogP contribution in [0.1, 0.15) is 25.5 Å². The highest BCUT2D eigenvalue weighted by molar-refractivity contribution is 5.67. The molecular formula is C11H11NO5. The molecule has 2 rings (SSSR count).